The average Bonchev–Trinajstić information content (AvgIpc) is 1.58. The molecule has 0 N–H and O–H groups in total. The molecule has 0 saturated heterocycles. The number of aryl methyl sites for hydroxylation is 16. The number of rotatable bonds is 8. The van der Waals surface area contributed by atoms with E-state index in [2.05, 4.69) is 373 Å². The van der Waals surface area contributed by atoms with Crippen LogP contribution in [0.15, 0.2) is 286 Å². The predicted molar refractivity (Wildman–Crippen MR) is 517 cm³/mol. The van der Waals surface area contributed by atoms with Gasteiger partial charge in [0.15, 0.2) is 27.9 Å². The van der Waals surface area contributed by atoms with Crippen molar-refractivity contribution in [1.29, 1.82) is 0 Å². The smallest absolute Gasteiger partial charge is 0.297 e. The Kier molecular flexibility index (Phi) is 19.0. The van der Waals surface area contributed by atoms with Crippen LogP contribution in [0.4, 0.5) is 0 Å². The number of hydrogen-bond donors (Lipinski definition) is 0. The van der Waals surface area contributed by atoms with Crippen LogP contribution in [0.5, 0.6) is 0 Å². The van der Waals surface area contributed by atoms with Crippen molar-refractivity contribution in [3.05, 3.63) is 335 Å². The Morgan fingerprint density at radius 3 is 1.07 bits per heavy atom. The van der Waals surface area contributed by atoms with Crippen LogP contribution in [0.2, 0.25) is 0 Å². The molecule has 124 heavy (non-hydrogen) atoms. The van der Waals surface area contributed by atoms with Crippen LogP contribution in [0, 0.1) is 83.1 Å². The van der Waals surface area contributed by atoms with Crippen LogP contribution in [0.1, 0.15) is 66.8 Å². The molecular weight excluding hydrogens is 1600 g/mol. The summed E-state index contributed by atoms with van der Waals surface area (Å²) >= 11 is 7.69. The second kappa shape index (κ2) is 30.2. The van der Waals surface area contributed by atoms with E-state index in [9.17, 15) is 0 Å². The van der Waals surface area contributed by atoms with Crippen molar-refractivity contribution in [2.24, 2.45) is 28.2 Å². The molecule has 0 aliphatic rings. The van der Waals surface area contributed by atoms with Crippen LogP contribution in [0.3, 0.4) is 0 Å². The molecule has 0 amide bonds. The average molecular weight is 1690 g/mol. The highest BCUT2D eigenvalue weighted by atomic mass is 32.2. The van der Waals surface area contributed by atoms with Gasteiger partial charge in [-0.2, -0.15) is 18.3 Å². The number of thiophene rings is 4. The Morgan fingerprint density at radius 2 is 0.589 bits per heavy atom. The van der Waals surface area contributed by atoms with Gasteiger partial charge in [-0.25, -0.2) is 18.3 Å². The maximum Gasteiger partial charge on any atom is 0.297 e. The molecule has 12 aromatic heterocycles. The topological polar surface area (TPSA) is 87.8 Å². The number of furan rings is 4. The van der Waals surface area contributed by atoms with E-state index < -0.39 is 0 Å². The normalized spacial score (nSPS) is 11.9. The Morgan fingerprint density at radius 1 is 0.242 bits per heavy atom. The molecule has 12 heterocycles. The molecule has 12 nitrogen and oxygen atoms in total. The van der Waals surface area contributed by atoms with Crippen molar-refractivity contribution in [2.75, 3.05) is 0 Å². The van der Waals surface area contributed by atoms with Gasteiger partial charge in [-0.15, -0.1) is 45.3 Å². The molecule has 16 heteroatoms. The van der Waals surface area contributed by atoms with Crippen molar-refractivity contribution >= 4 is 171 Å². The first-order valence-corrected chi connectivity index (χ1v) is 45.3. The summed E-state index contributed by atoms with van der Waals surface area (Å²) in [6, 6.07) is 77.5. The Bertz CT molecular complexity index is 8180. The first-order valence-electron chi connectivity index (χ1n) is 42.1. The van der Waals surface area contributed by atoms with E-state index in [1.165, 1.54) is 166 Å². The quantitative estimate of drug-likeness (QED) is 0.142. The van der Waals surface area contributed by atoms with E-state index in [1.54, 1.807) is 0 Å². The highest BCUT2D eigenvalue weighted by molar-refractivity contribution is 7.45. The zero-order valence-corrected chi connectivity index (χ0v) is 75.5. The summed E-state index contributed by atoms with van der Waals surface area (Å²) in [5, 5.41) is 12.4. The van der Waals surface area contributed by atoms with Crippen molar-refractivity contribution < 1.29 is 35.9 Å². The number of aromatic nitrogens is 8. The Labute approximate surface area is 733 Å². The molecule has 0 atom stereocenters. The number of imidazole rings is 4. The minimum atomic E-state index is 0.810. The summed E-state index contributed by atoms with van der Waals surface area (Å²) in [5.74, 6) is 4.66. The van der Waals surface area contributed by atoms with Gasteiger partial charge in [0.2, 0.25) is 0 Å². The van der Waals surface area contributed by atoms with Gasteiger partial charge in [-0.3, -0.25) is 0 Å². The molecule has 0 unspecified atom stereocenters. The van der Waals surface area contributed by atoms with E-state index in [-0.39, 0.29) is 0 Å². The summed E-state index contributed by atoms with van der Waals surface area (Å²) in [5.41, 5.74) is 31.6. The van der Waals surface area contributed by atoms with E-state index in [4.69, 9.17) is 17.7 Å². The zero-order chi connectivity index (χ0) is 85.1. The summed E-state index contributed by atoms with van der Waals surface area (Å²) in [7, 11) is 8.47. The molecule has 24 aromatic rings. The third-order valence-corrected chi connectivity index (χ3v) is 30.0. The molecule has 12 aromatic carbocycles. The largest absolute Gasteiger partial charge is 0.452 e. The molecule has 0 spiro atoms. The SMILES string of the molecule is Cc1cc2c(cc1-c1n(-c3c(C)cccc3C)cc[n+]1C)oc1c3ccccc3oc21.Cc1cc2c(cc1-c1n(-c3c(C)cccc3C)cc[n+]1C)sc1sc3ccccc3c12.Cc1cccc(C)c1-n1cc[n+](C)c1-c1c(C)ccc2c1oc1c3ccccc3oc21.Cc1cccc(C)c1-n1cc[n+](C)c1-c1c(C)ccc2c1sc1sc3ccccc3c12. The van der Waals surface area contributed by atoms with Crippen molar-refractivity contribution in [1.82, 2.24) is 18.3 Å². The number of benzene rings is 12. The summed E-state index contributed by atoms with van der Waals surface area (Å²) in [6.45, 7) is 26.2. The van der Waals surface area contributed by atoms with Crippen LogP contribution in [-0.2, 0) is 28.2 Å². The molecule has 608 valence electrons. The minimum Gasteiger partial charge on any atom is -0.452 e. The number of para-hydroxylation sites is 6. The second-order valence-electron chi connectivity index (χ2n) is 33.4. The molecule has 24 rings (SSSR count). The summed E-state index contributed by atoms with van der Waals surface area (Å²) in [4.78, 5) is 0. The van der Waals surface area contributed by atoms with Crippen LogP contribution in [0.25, 0.3) is 194 Å². The highest BCUT2D eigenvalue weighted by Gasteiger charge is 2.33. The van der Waals surface area contributed by atoms with Crippen LogP contribution in [-0.4, -0.2) is 18.3 Å². The lowest BCUT2D eigenvalue weighted by molar-refractivity contribution is -0.659. The van der Waals surface area contributed by atoms with Crippen molar-refractivity contribution in [3.63, 3.8) is 0 Å². The molecule has 0 radical (unpaired) electrons. The van der Waals surface area contributed by atoms with E-state index in [0.717, 1.165) is 94.5 Å². The van der Waals surface area contributed by atoms with Gasteiger partial charge in [0, 0.05) is 46.4 Å². The second-order valence-corrected chi connectivity index (χ2v) is 38.1. The lowest BCUT2D eigenvalue weighted by Gasteiger charge is -2.11. The third-order valence-electron chi connectivity index (χ3n) is 25.1. The van der Waals surface area contributed by atoms with Crippen molar-refractivity contribution in [2.45, 2.75) is 83.1 Å². The fourth-order valence-corrected chi connectivity index (χ4v) is 24.6. The minimum absolute atomic E-state index is 0.810. The van der Waals surface area contributed by atoms with Gasteiger partial charge in [-0.05, 0) is 217 Å². The van der Waals surface area contributed by atoms with Gasteiger partial charge < -0.3 is 17.7 Å². The number of fused-ring (bicyclic) bond motifs is 20. The van der Waals surface area contributed by atoms with E-state index in [1.807, 2.05) is 87.8 Å². The third kappa shape index (κ3) is 12.5. The molecule has 0 aliphatic heterocycles. The lowest BCUT2D eigenvalue weighted by Crippen LogP contribution is -2.29. The van der Waals surface area contributed by atoms with Gasteiger partial charge in [-0.1, -0.05) is 152 Å². The molecule has 0 fully saturated rings. The summed E-state index contributed by atoms with van der Waals surface area (Å²) < 4.78 is 51.6. The lowest BCUT2D eigenvalue weighted by atomic mass is 10.0. The number of hydrogen-bond acceptors (Lipinski definition) is 8. The molecule has 0 aliphatic carbocycles. The molecular formula is C108H92N8O4S4+4. The van der Waals surface area contributed by atoms with Gasteiger partial charge in [0.1, 0.15) is 94.6 Å². The zero-order valence-electron chi connectivity index (χ0n) is 72.2. The van der Waals surface area contributed by atoms with Gasteiger partial charge in [0.25, 0.3) is 23.3 Å². The van der Waals surface area contributed by atoms with Crippen molar-refractivity contribution in [3.8, 4) is 68.3 Å². The standard InChI is InChI=1S/2C27H23N2O2.2C27H23N2S2/c1-16-8-7-9-17(2)24(16)29-13-12-28(4)27(29)20-15-23-21(14-18(20)3)26-25(31-23)19-10-5-6-11-22(19)30-26;1-16-12-13-20-24(31-25-19-10-5-6-11-21(19)30-26(20)25)22(16)27-28(4)14-15-29(27)23-17(2)8-7-9-18(23)3;1-16-8-7-9-17(2)25(16)29-13-12-28(4)26(29)20-15-23-21(14-18(20)3)24-19-10-5-6-11-22(19)30-27(24)31-23;1-16-12-13-20-23-19-10-5-6-11-21(19)30-27(23)31-25(20)22(16)26-28(4)14-15-29(26)24-17(2)8-7-9-18(24)3/h4*5-15H,1-4H3/q4*+1. The van der Waals surface area contributed by atoms with Crippen LogP contribution >= 0.6 is 45.3 Å². The molecule has 0 bridgehead atoms. The van der Waals surface area contributed by atoms with Gasteiger partial charge >= 0.3 is 0 Å². The maximum absolute atomic E-state index is 6.53. The fraction of sp³-hybridized carbons (Fsp3) is 0.148. The summed E-state index contributed by atoms with van der Waals surface area (Å²) in [6.07, 6.45) is 17.2. The Hall–Kier alpha value is -13.5. The Balaban J connectivity index is 0.000000101. The fourth-order valence-electron chi connectivity index (χ4n) is 19.2. The van der Waals surface area contributed by atoms with E-state index in [0.29, 0.717) is 0 Å². The monoisotopic (exact) mass is 1690 g/mol. The highest BCUT2D eigenvalue weighted by Crippen LogP contribution is 2.51. The van der Waals surface area contributed by atoms with E-state index >= 15 is 0 Å². The maximum atomic E-state index is 6.53. The predicted octanol–water partition coefficient (Wildman–Crippen LogP) is 28.0. The van der Waals surface area contributed by atoms with Crippen LogP contribution < -0.4 is 18.3 Å². The first kappa shape index (κ1) is 77.8. The first-order chi connectivity index (χ1) is 60.1. The molecule has 0 saturated carbocycles. The van der Waals surface area contributed by atoms with Gasteiger partial charge in [0.05, 0.1) is 79.2 Å². The number of nitrogens with zero attached hydrogens (tertiary/aromatic N) is 8.